The number of aryl methyl sites for hydroxylation is 2. The number of halogens is 1. The lowest BCUT2D eigenvalue weighted by Crippen LogP contribution is -2.49. The van der Waals surface area contributed by atoms with Crippen molar-refractivity contribution in [2.75, 3.05) is 14.1 Å². The van der Waals surface area contributed by atoms with E-state index in [1.165, 1.54) is 0 Å². The van der Waals surface area contributed by atoms with Gasteiger partial charge in [-0.1, -0.05) is 31.4 Å². The smallest absolute Gasteiger partial charge is 0.159 e. The molecular formula is C16H26ClN3O. The zero-order valence-electron chi connectivity index (χ0n) is 13.6. The molecule has 0 amide bonds. The highest BCUT2D eigenvalue weighted by molar-refractivity contribution is 6.32. The number of likely N-dealkylation sites (N-methyl/N-ethyl adjacent to an activating group) is 1. The van der Waals surface area contributed by atoms with Crippen molar-refractivity contribution in [3.8, 4) is 0 Å². The van der Waals surface area contributed by atoms with Crippen LogP contribution in [-0.4, -0.2) is 40.1 Å². The Morgan fingerprint density at radius 1 is 1.33 bits per heavy atom. The van der Waals surface area contributed by atoms with E-state index in [0.717, 1.165) is 50.0 Å². The summed E-state index contributed by atoms with van der Waals surface area (Å²) in [4.78, 5) is 15.1. The van der Waals surface area contributed by atoms with Gasteiger partial charge in [0, 0.05) is 6.54 Å². The van der Waals surface area contributed by atoms with Crippen molar-refractivity contribution in [2.24, 2.45) is 0 Å². The second-order valence-electron chi connectivity index (χ2n) is 6.11. The fourth-order valence-electron chi connectivity index (χ4n) is 3.44. The number of hydrogen-bond donors (Lipinski definition) is 0. The molecule has 1 aromatic heterocycles. The van der Waals surface area contributed by atoms with Gasteiger partial charge in [0.15, 0.2) is 5.78 Å². The SMILES string of the molecule is CCc1nn(CC)c(CC(=O)C2(N(C)C)CCCC2)c1Cl. The van der Waals surface area contributed by atoms with E-state index >= 15 is 0 Å². The molecule has 0 aliphatic heterocycles. The lowest BCUT2D eigenvalue weighted by atomic mass is 9.88. The van der Waals surface area contributed by atoms with Crippen molar-refractivity contribution in [1.82, 2.24) is 14.7 Å². The molecule has 1 aromatic rings. The van der Waals surface area contributed by atoms with Crippen molar-refractivity contribution in [1.29, 1.82) is 0 Å². The van der Waals surface area contributed by atoms with Gasteiger partial charge in [-0.3, -0.25) is 14.4 Å². The van der Waals surface area contributed by atoms with Crippen molar-refractivity contribution < 1.29 is 4.79 Å². The predicted octanol–water partition coefficient (Wildman–Crippen LogP) is 3.10. The summed E-state index contributed by atoms with van der Waals surface area (Å²) in [6.07, 6.45) is 5.36. The summed E-state index contributed by atoms with van der Waals surface area (Å²) in [5.41, 5.74) is 1.47. The van der Waals surface area contributed by atoms with Gasteiger partial charge in [-0.05, 0) is 40.3 Å². The van der Waals surface area contributed by atoms with Crippen LogP contribution >= 0.6 is 11.6 Å². The molecule has 2 rings (SSSR count). The summed E-state index contributed by atoms with van der Waals surface area (Å²) in [7, 11) is 4.03. The van der Waals surface area contributed by atoms with Gasteiger partial charge in [0.2, 0.25) is 0 Å². The minimum absolute atomic E-state index is 0.282. The average Bonchev–Trinajstić information content (AvgIpc) is 3.06. The largest absolute Gasteiger partial charge is 0.297 e. The Hall–Kier alpha value is -0.870. The summed E-state index contributed by atoms with van der Waals surface area (Å²) in [6, 6.07) is 0. The first-order valence-electron chi connectivity index (χ1n) is 7.91. The minimum Gasteiger partial charge on any atom is -0.297 e. The maximum absolute atomic E-state index is 13.0. The third-order valence-corrected chi connectivity index (χ3v) is 5.26. The van der Waals surface area contributed by atoms with Gasteiger partial charge >= 0.3 is 0 Å². The number of carbonyl (C=O) groups excluding carboxylic acids is 1. The van der Waals surface area contributed by atoms with Crippen LogP contribution in [0.5, 0.6) is 0 Å². The molecule has 0 atom stereocenters. The van der Waals surface area contributed by atoms with E-state index < -0.39 is 0 Å². The maximum atomic E-state index is 13.0. The fourth-order valence-corrected chi connectivity index (χ4v) is 3.77. The third-order valence-electron chi connectivity index (χ3n) is 4.83. The van der Waals surface area contributed by atoms with Crippen LogP contribution in [0.15, 0.2) is 0 Å². The number of Topliss-reactive ketones (excluding diaryl/α,β-unsaturated/α-hetero) is 1. The Balaban J connectivity index is 2.29. The second-order valence-corrected chi connectivity index (χ2v) is 6.49. The van der Waals surface area contributed by atoms with Crippen LogP contribution in [0, 0.1) is 0 Å². The molecule has 0 bridgehead atoms. The van der Waals surface area contributed by atoms with E-state index in [2.05, 4.69) is 10.00 Å². The molecule has 21 heavy (non-hydrogen) atoms. The molecule has 1 saturated carbocycles. The Bertz CT molecular complexity index is 516. The fraction of sp³-hybridized carbons (Fsp3) is 0.750. The maximum Gasteiger partial charge on any atom is 0.159 e. The van der Waals surface area contributed by atoms with Gasteiger partial charge in [-0.15, -0.1) is 0 Å². The monoisotopic (exact) mass is 311 g/mol. The lowest BCUT2D eigenvalue weighted by molar-refractivity contribution is -0.129. The molecule has 0 spiro atoms. The van der Waals surface area contributed by atoms with Crippen LogP contribution < -0.4 is 0 Å². The Labute approximate surface area is 132 Å². The van der Waals surface area contributed by atoms with Gasteiger partial charge in [-0.2, -0.15) is 5.10 Å². The number of rotatable bonds is 6. The molecule has 0 aromatic carbocycles. The summed E-state index contributed by atoms with van der Waals surface area (Å²) < 4.78 is 1.89. The van der Waals surface area contributed by atoms with Crippen LogP contribution in [0.3, 0.4) is 0 Å². The van der Waals surface area contributed by atoms with E-state index in [0.29, 0.717) is 11.4 Å². The second kappa shape index (κ2) is 6.49. The Kier molecular flexibility index (Phi) is 5.10. The first-order chi connectivity index (χ1) is 9.96. The molecule has 1 fully saturated rings. The van der Waals surface area contributed by atoms with Gasteiger partial charge in [0.1, 0.15) is 0 Å². The van der Waals surface area contributed by atoms with Crippen molar-refractivity contribution in [2.45, 2.75) is 64.5 Å². The average molecular weight is 312 g/mol. The molecule has 4 nitrogen and oxygen atoms in total. The van der Waals surface area contributed by atoms with Crippen LogP contribution in [0.4, 0.5) is 0 Å². The summed E-state index contributed by atoms with van der Waals surface area (Å²) in [5.74, 6) is 0.282. The van der Waals surface area contributed by atoms with E-state index in [1.807, 2.05) is 32.6 Å². The third kappa shape index (κ3) is 2.88. The Morgan fingerprint density at radius 2 is 1.95 bits per heavy atom. The topological polar surface area (TPSA) is 38.1 Å². The van der Waals surface area contributed by atoms with Gasteiger partial charge in [0.05, 0.1) is 28.4 Å². The van der Waals surface area contributed by atoms with Gasteiger partial charge in [0.25, 0.3) is 0 Å². The van der Waals surface area contributed by atoms with E-state index in [-0.39, 0.29) is 11.3 Å². The highest BCUT2D eigenvalue weighted by Gasteiger charge is 2.43. The zero-order valence-corrected chi connectivity index (χ0v) is 14.3. The molecule has 1 heterocycles. The first kappa shape index (κ1) is 16.5. The number of aromatic nitrogens is 2. The van der Waals surface area contributed by atoms with Crippen molar-refractivity contribution >= 4 is 17.4 Å². The van der Waals surface area contributed by atoms with E-state index in [4.69, 9.17) is 11.6 Å². The minimum atomic E-state index is -0.307. The molecule has 0 unspecified atom stereocenters. The summed E-state index contributed by atoms with van der Waals surface area (Å²) in [5, 5.41) is 5.19. The van der Waals surface area contributed by atoms with Crippen LogP contribution in [0.25, 0.3) is 0 Å². The Morgan fingerprint density at radius 3 is 2.43 bits per heavy atom. The molecule has 1 aliphatic carbocycles. The summed E-state index contributed by atoms with van der Waals surface area (Å²) >= 11 is 6.43. The van der Waals surface area contributed by atoms with E-state index in [9.17, 15) is 4.79 Å². The van der Waals surface area contributed by atoms with Crippen molar-refractivity contribution in [3.05, 3.63) is 16.4 Å². The highest BCUT2D eigenvalue weighted by atomic mass is 35.5. The van der Waals surface area contributed by atoms with Gasteiger partial charge < -0.3 is 0 Å². The zero-order chi connectivity index (χ0) is 15.6. The molecule has 118 valence electrons. The van der Waals surface area contributed by atoms with Crippen molar-refractivity contribution in [3.63, 3.8) is 0 Å². The molecule has 0 saturated heterocycles. The van der Waals surface area contributed by atoms with Gasteiger partial charge in [-0.25, -0.2) is 0 Å². The molecular weight excluding hydrogens is 286 g/mol. The highest BCUT2D eigenvalue weighted by Crippen LogP contribution is 2.36. The number of hydrogen-bond acceptors (Lipinski definition) is 3. The quantitative estimate of drug-likeness (QED) is 0.810. The molecule has 0 N–H and O–H groups in total. The number of carbonyl (C=O) groups is 1. The molecule has 5 heteroatoms. The lowest BCUT2D eigenvalue weighted by Gasteiger charge is -2.34. The normalized spacial score (nSPS) is 17.6. The number of ketones is 1. The first-order valence-corrected chi connectivity index (χ1v) is 8.28. The van der Waals surface area contributed by atoms with Crippen LogP contribution in [-0.2, 0) is 24.2 Å². The van der Waals surface area contributed by atoms with E-state index in [1.54, 1.807) is 0 Å². The van der Waals surface area contributed by atoms with Crippen LogP contribution in [0.1, 0.15) is 50.9 Å². The predicted molar refractivity (Wildman–Crippen MR) is 85.9 cm³/mol. The standard InChI is InChI=1S/C16H26ClN3O/c1-5-12-15(17)13(20(6-2)18-12)11-14(21)16(19(3)4)9-7-8-10-16/h5-11H2,1-4H3. The molecule has 1 aliphatic rings. The number of nitrogens with zero attached hydrogens (tertiary/aromatic N) is 3. The summed E-state index contributed by atoms with van der Waals surface area (Å²) in [6.45, 7) is 4.82. The van der Waals surface area contributed by atoms with Crippen LogP contribution in [0.2, 0.25) is 5.02 Å². The molecule has 0 radical (unpaired) electrons.